The van der Waals surface area contributed by atoms with Gasteiger partial charge in [0.1, 0.15) is 52.7 Å². The number of nitrogens with zero attached hydrogens (tertiary/aromatic N) is 5. The van der Waals surface area contributed by atoms with E-state index in [1.54, 1.807) is 12.1 Å². The minimum Gasteiger partial charge on any atom is -0.359 e. The lowest BCUT2D eigenvalue weighted by Crippen LogP contribution is -2.48. The lowest BCUT2D eigenvalue weighted by molar-refractivity contribution is -0.138. The van der Waals surface area contributed by atoms with E-state index in [2.05, 4.69) is 51.8 Å². The van der Waals surface area contributed by atoms with Gasteiger partial charge in [-0.25, -0.2) is 57.0 Å². The number of alkyl halides is 9. The zero-order valence-corrected chi connectivity index (χ0v) is 73.1. The minimum atomic E-state index is -4.53. The third-order valence-corrected chi connectivity index (χ3v) is 35.0. The molecule has 5 amide bonds. The highest BCUT2D eigenvalue weighted by atomic mass is 32.2. The van der Waals surface area contributed by atoms with E-state index >= 15 is 0 Å². The molecule has 0 aromatic carbocycles. The van der Waals surface area contributed by atoms with Gasteiger partial charge in [0.15, 0.2) is 60.8 Å². The van der Waals surface area contributed by atoms with Crippen molar-refractivity contribution < 1.29 is 115 Å². The van der Waals surface area contributed by atoms with E-state index in [0.29, 0.717) is 43.0 Å². The monoisotopic (exact) mass is 1780 g/mol. The number of amides is 5. The Morgan fingerprint density at radius 2 is 0.568 bits per heavy atom. The Morgan fingerprint density at radius 3 is 0.763 bits per heavy atom. The Balaban J connectivity index is 0.000000229. The number of rotatable bonds is 24. The van der Waals surface area contributed by atoms with Gasteiger partial charge in [-0.1, -0.05) is 90.4 Å². The van der Waals surface area contributed by atoms with Crippen molar-refractivity contribution in [3.8, 4) is 0 Å². The number of nitrogens with one attached hydrogen (secondary N) is 5. The highest BCUT2D eigenvalue weighted by Crippen LogP contribution is 2.40. The summed E-state index contributed by atoms with van der Waals surface area (Å²) >= 11 is 0. The van der Waals surface area contributed by atoms with Gasteiger partial charge in [-0.3, -0.25) is 24.0 Å². The summed E-state index contributed by atoms with van der Waals surface area (Å²) in [7, 11) is -18.2. The summed E-state index contributed by atoms with van der Waals surface area (Å²) in [5.41, 5.74) is -3.31. The van der Waals surface area contributed by atoms with Crippen LogP contribution in [-0.4, -0.2) is 149 Å². The topological polar surface area (TPSA) is 407 Å². The Morgan fingerprint density at radius 1 is 0.331 bits per heavy atom. The quantitative estimate of drug-likeness (QED) is 0.0283. The van der Waals surface area contributed by atoms with Crippen molar-refractivity contribution in [2.75, 3.05) is 49.6 Å². The van der Waals surface area contributed by atoms with Crippen LogP contribution in [0.4, 0.5) is 68.6 Å². The first-order valence-electron chi connectivity index (χ1n) is 38.4. The van der Waals surface area contributed by atoms with Gasteiger partial charge >= 0.3 is 18.5 Å². The summed E-state index contributed by atoms with van der Waals surface area (Å²) in [4.78, 5) is 72.5. The predicted octanol–water partition coefficient (Wildman–Crippen LogP) is 15.0. The molecule has 10 rings (SSSR count). The highest BCUT2D eigenvalue weighted by Gasteiger charge is 2.50. The summed E-state index contributed by atoms with van der Waals surface area (Å²) in [6, 6.07) is 8.59. The van der Waals surface area contributed by atoms with Crippen LogP contribution in [0.15, 0.2) is 76.2 Å². The van der Waals surface area contributed by atoms with E-state index in [1.165, 1.54) is 69.2 Å². The fraction of sp³-hybridized carbons (Fsp3) is 0.662. The Bertz CT molecular complexity index is 4920. The van der Waals surface area contributed by atoms with Gasteiger partial charge in [-0.05, 0) is 194 Å². The minimum absolute atomic E-state index is 0.0616. The van der Waals surface area contributed by atoms with Crippen molar-refractivity contribution in [1.29, 1.82) is 0 Å². The third kappa shape index (κ3) is 26.2. The number of sulfone groups is 5. The predicted molar refractivity (Wildman–Crippen MR) is 427 cm³/mol. The molecule has 27 nitrogen and oxygen atoms in total. The van der Waals surface area contributed by atoms with E-state index in [4.69, 9.17) is 9.05 Å². The van der Waals surface area contributed by atoms with Crippen LogP contribution in [0.5, 0.6) is 0 Å². The van der Waals surface area contributed by atoms with Crippen LogP contribution >= 0.6 is 0 Å². The van der Waals surface area contributed by atoms with Crippen molar-refractivity contribution in [3.05, 3.63) is 95.3 Å². The van der Waals surface area contributed by atoms with Crippen LogP contribution in [-0.2, 0) is 103 Å². The molecule has 0 spiro atoms. The fourth-order valence-corrected chi connectivity index (χ4v) is 20.2. The standard InChI is InChI=1S/C17H23F3N2O3S.C16H26N2O4S.C15H19F3N2O3S.C15H24N2O4S.C14H17F3N2O3S/c1-16(2,26(24,25)13-7-5-3-4-6-8-13)15(23)22-14-10-9-12(11-21-14)17(18,19)20;1-15(2,3)12-9-13(18-22-12)17-14(19)16(4,5)23(20,21)10-11-7-6-8-11;1-14(2,24(22,23)9-10-4-3-5-10)13(21)20-12-7-6-11(8-19-12)15(16,17)18;1-14(2,3)11-8-12(17-21-11)16-13(18)15(4,5)22(19,20)9-10-6-7-10;1-13(2,23(21,22)8-9-3-4-9)12(20)19-11-6-5-10(7-18-11)14(15,16)17/h9-11,13H,3-8H2,1-2H3,(H,21,22,23);9,11H,6-8,10H2,1-5H3,(H,17,18,19);6-8,10H,3-5,9H2,1-2H3,(H,19,20,21);8,10H,6-7,9H2,1-5H3,(H,16,17,18);5-7,9H,3-4,8H2,1-2H3,(H,18,19,20). The second-order valence-electron chi connectivity index (χ2n) is 35.0. The summed E-state index contributed by atoms with van der Waals surface area (Å²) in [5.74, 6) is -1.64. The average molecular weight is 1780 g/mol. The molecule has 0 aliphatic heterocycles. The molecule has 5 aromatic rings. The molecule has 5 heterocycles. The molecular weight excluding hydrogens is 1670 g/mol. The van der Waals surface area contributed by atoms with Crippen LogP contribution in [0.25, 0.3) is 0 Å². The first-order chi connectivity index (χ1) is 53.7. The van der Waals surface area contributed by atoms with E-state index < -0.39 is 143 Å². The number of hydrogen-bond donors (Lipinski definition) is 5. The second kappa shape index (κ2) is 37.4. The normalized spacial score (nSPS) is 16.8. The molecular formula is C77H109F9N10O17S5. The van der Waals surface area contributed by atoms with Gasteiger partial charge in [0, 0.05) is 41.6 Å². The fourth-order valence-electron chi connectivity index (χ4n) is 11.2. The highest BCUT2D eigenvalue weighted by molar-refractivity contribution is 7.95. The van der Waals surface area contributed by atoms with Crippen molar-refractivity contribution >= 4 is 108 Å². The van der Waals surface area contributed by atoms with Crippen LogP contribution in [0.2, 0.25) is 0 Å². The van der Waals surface area contributed by atoms with Crippen LogP contribution in [0, 0.1) is 23.7 Å². The maximum Gasteiger partial charge on any atom is 0.417 e. The number of aromatic nitrogens is 5. The molecule has 0 bridgehead atoms. The summed E-state index contributed by atoms with van der Waals surface area (Å²) in [6.07, 6.45) is 1.90. The van der Waals surface area contributed by atoms with E-state index in [0.717, 1.165) is 126 Å². The van der Waals surface area contributed by atoms with Crippen molar-refractivity contribution in [1.82, 2.24) is 25.3 Å². The molecule has 0 atom stereocenters. The van der Waals surface area contributed by atoms with Crippen molar-refractivity contribution in [2.45, 2.75) is 272 Å². The van der Waals surface area contributed by atoms with Crippen LogP contribution < -0.4 is 26.6 Å². The van der Waals surface area contributed by atoms with Crippen LogP contribution in [0.3, 0.4) is 0 Å². The molecule has 0 saturated heterocycles. The van der Waals surface area contributed by atoms with E-state index in [1.807, 2.05) is 41.5 Å². The van der Waals surface area contributed by atoms with Gasteiger partial charge in [0.05, 0.1) is 45.0 Å². The third-order valence-electron chi connectivity index (χ3n) is 21.4. The van der Waals surface area contributed by atoms with E-state index in [9.17, 15) is 106 Å². The molecule has 41 heteroatoms. The SMILES string of the molecule is CC(C)(C(=O)Nc1ccc(C(F)(F)F)cn1)S(=O)(=O)C1CCCCCC1.CC(C)(C(=O)Nc1ccc(C(F)(F)F)cn1)S(=O)(=O)CC1CC1.CC(C)(C(=O)Nc1ccc(C(F)(F)F)cn1)S(=O)(=O)CC1CCC1.CC(C)(C)c1cc(NC(=O)C(C)(C)S(=O)(=O)CC2CC2)no1.CC(C)(C)c1cc(NC(=O)C(C)(C)S(=O)(=O)CC2CCC2)no1. The molecule has 5 aliphatic rings. The molecule has 0 unspecified atom stereocenters. The van der Waals surface area contributed by atoms with Crippen LogP contribution in [0.1, 0.15) is 242 Å². The smallest absolute Gasteiger partial charge is 0.359 e. The molecule has 5 N–H and O–H groups in total. The molecule has 5 fully saturated rings. The number of carbonyl (C=O) groups is 5. The maximum atomic E-state index is 12.9. The number of anilines is 5. The van der Waals surface area contributed by atoms with E-state index in [-0.39, 0.29) is 86.6 Å². The Labute approximate surface area is 684 Å². The van der Waals surface area contributed by atoms with Crippen molar-refractivity contribution in [2.24, 2.45) is 23.7 Å². The Hall–Kier alpha value is -7.66. The lowest BCUT2D eigenvalue weighted by atomic mass is 9.87. The molecule has 118 heavy (non-hydrogen) atoms. The van der Waals surface area contributed by atoms with Gasteiger partial charge in [-0.2, -0.15) is 39.5 Å². The summed E-state index contributed by atoms with van der Waals surface area (Å²) in [6.45, 7) is 25.3. The summed E-state index contributed by atoms with van der Waals surface area (Å²) in [5, 5.41) is 19.0. The molecule has 662 valence electrons. The van der Waals surface area contributed by atoms with Gasteiger partial charge < -0.3 is 35.6 Å². The molecule has 5 aliphatic carbocycles. The average Bonchev–Trinajstić information content (AvgIpc) is 1.52. The second-order valence-corrected chi connectivity index (χ2v) is 48.1. The number of carbonyl (C=O) groups excluding carboxylic acids is 5. The van der Waals surface area contributed by atoms with Gasteiger partial charge in [0.2, 0.25) is 29.5 Å². The first-order valence-corrected chi connectivity index (χ1v) is 46.6. The largest absolute Gasteiger partial charge is 0.417 e. The Kier molecular flexibility index (Phi) is 31.4. The number of halogens is 9. The molecule has 5 saturated carbocycles. The zero-order chi connectivity index (χ0) is 89.5. The number of pyridine rings is 3. The zero-order valence-electron chi connectivity index (χ0n) is 69.0. The molecule has 0 radical (unpaired) electrons. The van der Waals surface area contributed by atoms with Gasteiger partial charge in [0.25, 0.3) is 0 Å². The van der Waals surface area contributed by atoms with Gasteiger partial charge in [-0.15, -0.1) is 0 Å². The lowest BCUT2D eigenvalue weighted by Gasteiger charge is -2.30. The van der Waals surface area contributed by atoms with Crippen molar-refractivity contribution in [3.63, 3.8) is 0 Å². The summed E-state index contributed by atoms with van der Waals surface area (Å²) < 4.78 is 240. The number of hydrogen-bond acceptors (Lipinski definition) is 22. The maximum absolute atomic E-state index is 12.9. The first kappa shape index (κ1) is 99.2. The molecule has 5 aromatic heterocycles.